The number of carbonyl (C=O) groups excluding carboxylic acids is 2. The first-order valence-electron chi connectivity index (χ1n) is 11.3. The monoisotopic (exact) mass is 468 g/mol. The standard InChI is InChI=1S/C26H32N2O6/c1-26(2,3)22(23(29)27-21(24(30)31)13-14-33-4)28-25(32)34-15-20-18-11-7-5-9-16(18)17-10-6-8-12-19(17)20/h5-12,20-22H,13-15H2,1-4H3,(H,27,29)(H,28,32)(H,30,31). The summed E-state index contributed by atoms with van der Waals surface area (Å²) in [7, 11) is 1.46. The number of benzene rings is 2. The summed E-state index contributed by atoms with van der Waals surface area (Å²) in [6.07, 6.45) is -0.625. The Bertz CT molecular complexity index is 1000. The molecule has 0 fully saturated rings. The van der Waals surface area contributed by atoms with Gasteiger partial charge in [-0.1, -0.05) is 69.3 Å². The van der Waals surface area contributed by atoms with Gasteiger partial charge in [0.05, 0.1) is 0 Å². The highest BCUT2D eigenvalue weighted by molar-refractivity contribution is 5.90. The van der Waals surface area contributed by atoms with E-state index in [1.54, 1.807) is 20.8 Å². The molecule has 0 spiro atoms. The van der Waals surface area contributed by atoms with Gasteiger partial charge in [0.15, 0.2) is 0 Å². The molecule has 2 unspecified atom stereocenters. The number of carboxylic acids is 1. The maximum absolute atomic E-state index is 12.9. The number of hydrogen-bond donors (Lipinski definition) is 3. The van der Waals surface area contributed by atoms with Gasteiger partial charge in [-0.05, 0) is 27.7 Å². The van der Waals surface area contributed by atoms with Crippen LogP contribution in [0.2, 0.25) is 0 Å². The molecule has 0 saturated heterocycles. The van der Waals surface area contributed by atoms with Crippen LogP contribution in [0.15, 0.2) is 48.5 Å². The van der Waals surface area contributed by atoms with Crippen LogP contribution in [0.25, 0.3) is 11.1 Å². The summed E-state index contributed by atoms with van der Waals surface area (Å²) in [6.45, 7) is 5.64. The highest BCUT2D eigenvalue weighted by Crippen LogP contribution is 2.44. The predicted molar refractivity (Wildman–Crippen MR) is 128 cm³/mol. The number of amides is 2. The van der Waals surface area contributed by atoms with Crippen LogP contribution in [0.1, 0.15) is 44.2 Å². The van der Waals surface area contributed by atoms with E-state index in [0.29, 0.717) is 0 Å². The molecule has 2 amide bonds. The molecule has 3 N–H and O–H groups in total. The fourth-order valence-corrected chi connectivity index (χ4v) is 4.18. The molecule has 2 aromatic carbocycles. The van der Waals surface area contributed by atoms with Crippen LogP contribution in [-0.4, -0.2) is 55.5 Å². The Morgan fingerprint density at radius 3 is 2.03 bits per heavy atom. The Labute approximate surface area is 199 Å². The van der Waals surface area contributed by atoms with Gasteiger partial charge in [-0.2, -0.15) is 0 Å². The molecule has 34 heavy (non-hydrogen) atoms. The highest BCUT2D eigenvalue weighted by atomic mass is 16.5. The molecule has 0 heterocycles. The first kappa shape index (κ1) is 25.2. The average Bonchev–Trinajstić information content (AvgIpc) is 3.11. The minimum Gasteiger partial charge on any atom is -0.480 e. The van der Waals surface area contributed by atoms with Crippen LogP contribution in [-0.2, 0) is 19.1 Å². The van der Waals surface area contributed by atoms with E-state index in [1.165, 1.54) is 7.11 Å². The lowest BCUT2D eigenvalue weighted by Crippen LogP contribution is -2.56. The van der Waals surface area contributed by atoms with Gasteiger partial charge in [-0.3, -0.25) is 4.79 Å². The fraction of sp³-hybridized carbons (Fsp3) is 0.423. The second-order valence-electron chi connectivity index (χ2n) is 9.45. The van der Waals surface area contributed by atoms with Gasteiger partial charge in [0.2, 0.25) is 5.91 Å². The number of aliphatic carboxylic acids is 1. The highest BCUT2D eigenvalue weighted by Gasteiger charge is 2.36. The first-order valence-corrected chi connectivity index (χ1v) is 11.3. The number of alkyl carbamates (subject to hydrolysis) is 1. The van der Waals surface area contributed by atoms with Crippen molar-refractivity contribution in [3.63, 3.8) is 0 Å². The van der Waals surface area contributed by atoms with Crippen molar-refractivity contribution in [3.8, 4) is 11.1 Å². The molecule has 2 atom stereocenters. The van der Waals surface area contributed by atoms with Crippen molar-refractivity contribution in [2.45, 2.75) is 45.2 Å². The van der Waals surface area contributed by atoms with E-state index < -0.39 is 35.5 Å². The predicted octanol–water partition coefficient (Wildman–Crippen LogP) is 3.55. The molecule has 1 aliphatic rings. The van der Waals surface area contributed by atoms with Crippen molar-refractivity contribution in [2.24, 2.45) is 5.41 Å². The summed E-state index contributed by atoms with van der Waals surface area (Å²) in [5.74, 6) is -1.87. The van der Waals surface area contributed by atoms with Crippen molar-refractivity contribution in [1.29, 1.82) is 0 Å². The fourth-order valence-electron chi connectivity index (χ4n) is 4.18. The summed E-state index contributed by atoms with van der Waals surface area (Å²) in [6, 6.07) is 13.9. The molecule has 1 aliphatic carbocycles. The Balaban J connectivity index is 1.68. The topological polar surface area (TPSA) is 114 Å². The summed E-state index contributed by atoms with van der Waals surface area (Å²) in [4.78, 5) is 37.1. The van der Waals surface area contributed by atoms with Crippen LogP contribution < -0.4 is 10.6 Å². The number of fused-ring (bicyclic) bond motifs is 3. The number of carboxylic acid groups (broad SMARTS) is 1. The minimum atomic E-state index is -1.17. The van der Waals surface area contributed by atoms with E-state index in [2.05, 4.69) is 22.8 Å². The second kappa shape index (κ2) is 10.7. The van der Waals surface area contributed by atoms with Crippen molar-refractivity contribution in [3.05, 3.63) is 59.7 Å². The molecule has 8 heteroatoms. The third-order valence-corrected chi connectivity index (χ3v) is 5.96. The van der Waals surface area contributed by atoms with Crippen LogP contribution in [0, 0.1) is 5.41 Å². The summed E-state index contributed by atoms with van der Waals surface area (Å²) in [5.41, 5.74) is 3.73. The molecule has 3 rings (SSSR count). The van der Waals surface area contributed by atoms with Gasteiger partial charge in [-0.25, -0.2) is 9.59 Å². The molecule has 8 nitrogen and oxygen atoms in total. The van der Waals surface area contributed by atoms with Gasteiger partial charge >= 0.3 is 12.1 Å². The molecule has 182 valence electrons. The first-order chi connectivity index (χ1) is 16.1. The summed E-state index contributed by atoms with van der Waals surface area (Å²) >= 11 is 0. The van der Waals surface area contributed by atoms with Gasteiger partial charge < -0.3 is 25.2 Å². The van der Waals surface area contributed by atoms with Crippen molar-refractivity contribution in [1.82, 2.24) is 10.6 Å². The Morgan fingerprint density at radius 1 is 0.971 bits per heavy atom. The van der Waals surface area contributed by atoms with Crippen molar-refractivity contribution in [2.75, 3.05) is 20.3 Å². The smallest absolute Gasteiger partial charge is 0.407 e. The lowest BCUT2D eigenvalue weighted by atomic mass is 9.86. The third kappa shape index (κ3) is 5.75. The number of carbonyl (C=O) groups is 3. The average molecular weight is 469 g/mol. The molecule has 0 saturated carbocycles. The zero-order chi connectivity index (χ0) is 24.9. The Hall–Kier alpha value is -3.39. The summed E-state index contributed by atoms with van der Waals surface area (Å²) < 4.78 is 10.5. The molecular formula is C26H32N2O6. The molecule has 0 radical (unpaired) electrons. The van der Waals surface area contributed by atoms with Gasteiger partial charge in [0.1, 0.15) is 18.7 Å². The molecule has 0 aliphatic heterocycles. The minimum absolute atomic E-state index is 0.106. The summed E-state index contributed by atoms with van der Waals surface area (Å²) in [5, 5.41) is 14.5. The van der Waals surface area contributed by atoms with E-state index >= 15 is 0 Å². The lowest BCUT2D eigenvalue weighted by molar-refractivity contribution is -0.143. The van der Waals surface area contributed by atoms with Gasteiger partial charge in [0, 0.05) is 26.1 Å². The molecule has 2 aromatic rings. The Kier molecular flexibility index (Phi) is 7.94. The van der Waals surface area contributed by atoms with Crippen molar-refractivity contribution >= 4 is 18.0 Å². The Morgan fingerprint density at radius 2 is 1.53 bits per heavy atom. The van der Waals surface area contributed by atoms with Crippen LogP contribution in [0.3, 0.4) is 0 Å². The zero-order valence-electron chi connectivity index (χ0n) is 20.0. The second-order valence-corrected chi connectivity index (χ2v) is 9.45. The van der Waals surface area contributed by atoms with E-state index in [-0.39, 0.29) is 25.6 Å². The zero-order valence-corrected chi connectivity index (χ0v) is 20.0. The van der Waals surface area contributed by atoms with E-state index in [9.17, 15) is 19.5 Å². The van der Waals surface area contributed by atoms with Crippen molar-refractivity contribution < 1.29 is 29.0 Å². The van der Waals surface area contributed by atoms with Gasteiger partial charge in [0.25, 0.3) is 0 Å². The third-order valence-electron chi connectivity index (χ3n) is 5.96. The van der Waals surface area contributed by atoms with Gasteiger partial charge in [-0.15, -0.1) is 0 Å². The maximum Gasteiger partial charge on any atom is 0.407 e. The SMILES string of the molecule is COCCC(NC(=O)C(NC(=O)OCC1c2ccccc2-c2ccccc21)C(C)(C)C)C(=O)O. The number of nitrogens with one attached hydrogen (secondary N) is 2. The number of ether oxygens (including phenoxy) is 2. The number of hydrogen-bond acceptors (Lipinski definition) is 5. The molecular weight excluding hydrogens is 436 g/mol. The molecule has 0 bridgehead atoms. The maximum atomic E-state index is 12.9. The van der Waals surface area contributed by atoms with Crippen LogP contribution in [0.5, 0.6) is 0 Å². The molecule has 0 aromatic heterocycles. The van der Waals surface area contributed by atoms with Crippen LogP contribution in [0.4, 0.5) is 4.79 Å². The lowest BCUT2D eigenvalue weighted by Gasteiger charge is -2.31. The quantitative estimate of drug-likeness (QED) is 0.519. The largest absolute Gasteiger partial charge is 0.480 e. The van der Waals surface area contributed by atoms with E-state index in [4.69, 9.17) is 9.47 Å². The number of rotatable bonds is 9. The number of methoxy groups -OCH3 is 1. The van der Waals surface area contributed by atoms with E-state index in [1.807, 2.05) is 36.4 Å². The van der Waals surface area contributed by atoms with Crippen LogP contribution >= 0.6 is 0 Å². The van der Waals surface area contributed by atoms with E-state index in [0.717, 1.165) is 22.3 Å². The normalized spacial score (nSPS) is 14.5.